The van der Waals surface area contributed by atoms with E-state index in [-0.39, 0.29) is 15.8 Å². The molecular formula is C25H20Cl2N2O5. The summed E-state index contributed by atoms with van der Waals surface area (Å²) in [4.78, 5) is 34.2. The smallest absolute Gasteiger partial charge is 0.266 e. The molecule has 3 aromatic rings. The van der Waals surface area contributed by atoms with Crippen LogP contribution < -0.4 is 14.7 Å². The Balaban J connectivity index is 1.58. The molecule has 0 aromatic heterocycles. The predicted molar refractivity (Wildman–Crippen MR) is 128 cm³/mol. The number of para-hydroxylation sites is 1. The van der Waals surface area contributed by atoms with Crippen molar-refractivity contribution >= 4 is 46.4 Å². The van der Waals surface area contributed by atoms with E-state index in [0.29, 0.717) is 29.3 Å². The maximum absolute atomic E-state index is 13.7. The van der Waals surface area contributed by atoms with E-state index in [2.05, 4.69) is 0 Å². The van der Waals surface area contributed by atoms with Gasteiger partial charge >= 0.3 is 0 Å². The highest BCUT2D eigenvalue weighted by Crippen LogP contribution is 2.51. The number of phenolic OH excluding ortho intramolecular Hbond substituents is 1. The predicted octanol–water partition coefficient (Wildman–Crippen LogP) is 5.15. The van der Waals surface area contributed by atoms with Gasteiger partial charge in [-0.05, 0) is 55.5 Å². The second-order valence-corrected chi connectivity index (χ2v) is 8.77. The van der Waals surface area contributed by atoms with Crippen LogP contribution in [0.4, 0.5) is 11.4 Å². The molecule has 2 aliphatic rings. The van der Waals surface area contributed by atoms with Gasteiger partial charge in [0.15, 0.2) is 6.10 Å². The van der Waals surface area contributed by atoms with E-state index in [4.69, 9.17) is 32.8 Å². The van der Waals surface area contributed by atoms with Crippen molar-refractivity contribution in [1.82, 2.24) is 0 Å². The van der Waals surface area contributed by atoms with Gasteiger partial charge in [-0.15, -0.1) is 0 Å². The number of aromatic hydroxyl groups is 1. The van der Waals surface area contributed by atoms with Crippen molar-refractivity contribution in [3.05, 3.63) is 82.3 Å². The van der Waals surface area contributed by atoms with Crippen molar-refractivity contribution in [2.45, 2.75) is 19.1 Å². The summed E-state index contributed by atoms with van der Waals surface area (Å²) >= 11 is 12.4. The average molecular weight is 499 g/mol. The first-order chi connectivity index (χ1) is 16.4. The van der Waals surface area contributed by atoms with Crippen molar-refractivity contribution in [3.8, 4) is 11.5 Å². The molecule has 2 saturated heterocycles. The number of rotatable bonds is 5. The highest BCUT2D eigenvalue weighted by Gasteiger charge is 2.60. The van der Waals surface area contributed by atoms with Crippen LogP contribution in [-0.4, -0.2) is 29.6 Å². The molecule has 2 amide bonds. The number of benzene rings is 3. The molecule has 0 bridgehead atoms. The van der Waals surface area contributed by atoms with Gasteiger partial charge < -0.3 is 9.84 Å². The number of hydroxylamine groups is 1. The molecular weight excluding hydrogens is 479 g/mol. The molecule has 0 aliphatic carbocycles. The van der Waals surface area contributed by atoms with Crippen LogP contribution in [0.1, 0.15) is 18.5 Å². The van der Waals surface area contributed by atoms with E-state index < -0.39 is 29.9 Å². The van der Waals surface area contributed by atoms with Crippen LogP contribution in [0.5, 0.6) is 11.5 Å². The Labute approximate surface area is 206 Å². The first-order valence-corrected chi connectivity index (χ1v) is 11.5. The van der Waals surface area contributed by atoms with Crippen LogP contribution in [0.15, 0.2) is 66.7 Å². The van der Waals surface area contributed by atoms with E-state index in [0.717, 1.165) is 4.90 Å². The zero-order valence-corrected chi connectivity index (χ0v) is 19.5. The Bertz CT molecular complexity index is 1250. The van der Waals surface area contributed by atoms with Crippen LogP contribution in [0.2, 0.25) is 10.0 Å². The zero-order valence-electron chi connectivity index (χ0n) is 18.0. The fraction of sp³-hybridized carbons (Fsp3) is 0.200. The maximum Gasteiger partial charge on any atom is 0.266 e. The standard InChI is InChI=1S/C25H20Cl2N2O5/c1-2-33-17-10-8-15(9-11-17)28-24(31)20-21(18-12-14(26)13-19(27)22(18)30)29(34-23(20)25(28)32)16-6-4-3-5-7-16/h3-13,20-21,23,30H,2H2,1H3/t20-,21-,23+/m1/s1. The number of imide groups is 1. The highest BCUT2D eigenvalue weighted by atomic mass is 35.5. The minimum atomic E-state index is -1.08. The lowest BCUT2D eigenvalue weighted by Gasteiger charge is -2.29. The van der Waals surface area contributed by atoms with Crippen molar-refractivity contribution in [1.29, 1.82) is 0 Å². The summed E-state index contributed by atoms with van der Waals surface area (Å²) in [5.41, 5.74) is 1.32. The number of hydrogen-bond donors (Lipinski definition) is 1. The summed E-state index contributed by atoms with van der Waals surface area (Å²) in [5, 5.41) is 12.6. The van der Waals surface area contributed by atoms with Gasteiger partial charge in [0.25, 0.3) is 5.91 Å². The molecule has 1 N–H and O–H groups in total. The second-order valence-electron chi connectivity index (χ2n) is 7.92. The minimum absolute atomic E-state index is 0.0408. The number of phenols is 1. The van der Waals surface area contributed by atoms with Crippen molar-refractivity contribution < 1.29 is 24.3 Å². The molecule has 0 saturated carbocycles. The molecule has 34 heavy (non-hydrogen) atoms. The summed E-state index contributed by atoms with van der Waals surface area (Å²) in [6.45, 7) is 2.37. The average Bonchev–Trinajstić information content (AvgIpc) is 3.34. The van der Waals surface area contributed by atoms with Gasteiger partial charge in [-0.3, -0.25) is 14.4 Å². The van der Waals surface area contributed by atoms with Crippen molar-refractivity contribution in [3.63, 3.8) is 0 Å². The number of anilines is 2. The number of fused-ring (bicyclic) bond motifs is 1. The van der Waals surface area contributed by atoms with Gasteiger partial charge in [0, 0.05) is 10.6 Å². The van der Waals surface area contributed by atoms with E-state index in [9.17, 15) is 14.7 Å². The maximum atomic E-state index is 13.7. The lowest BCUT2D eigenvalue weighted by Crippen LogP contribution is -2.37. The third kappa shape index (κ3) is 3.66. The SMILES string of the molecule is CCOc1ccc(N2C(=O)[C@H]3[C@H](ON(c4ccccc4)[C@@H]3c3cc(Cl)cc(Cl)c3O)C2=O)cc1. The molecule has 3 aromatic carbocycles. The number of hydrogen-bond acceptors (Lipinski definition) is 6. The summed E-state index contributed by atoms with van der Waals surface area (Å²) in [7, 11) is 0. The molecule has 0 spiro atoms. The lowest BCUT2D eigenvalue weighted by molar-refractivity contribution is -0.126. The first-order valence-electron chi connectivity index (χ1n) is 10.7. The molecule has 174 valence electrons. The molecule has 7 nitrogen and oxygen atoms in total. The Morgan fingerprint density at radius 1 is 0.971 bits per heavy atom. The second kappa shape index (κ2) is 8.83. The van der Waals surface area contributed by atoms with E-state index in [1.807, 2.05) is 25.1 Å². The minimum Gasteiger partial charge on any atom is -0.506 e. The monoisotopic (exact) mass is 498 g/mol. The third-order valence-corrected chi connectivity index (χ3v) is 6.41. The quantitative estimate of drug-likeness (QED) is 0.490. The summed E-state index contributed by atoms with van der Waals surface area (Å²) in [6.07, 6.45) is -1.08. The van der Waals surface area contributed by atoms with Crippen LogP contribution in [0, 0.1) is 5.92 Å². The van der Waals surface area contributed by atoms with E-state index >= 15 is 0 Å². The van der Waals surface area contributed by atoms with Crippen LogP contribution in [0.3, 0.4) is 0 Å². The zero-order chi connectivity index (χ0) is 24.0. The van der Waals surface area contributed by atoms with Crippen LogP contribution in [-0.2, 0) is 14.4 Å². The molecule has 2 heterocycles. The summed E-state index contributed by atoms with van der Waals surface area (Å²) < 4.78 is 5.45. The molecule has 2 fully saturated rings. The molecule has 9 heteroatoms. The molecule has 3 atom stereocenters. The van der Waals surface area contributed by atoms with Gasteiger partial charge in [0.1, 0.15) is 17.4 Å². The number of ether oxygens (including phenoxy) is 1. The van der Waals surface area contributed by atoms with E-state index in [1.54, 1.807) is 36.4 Å². The normalized spacial score (nSPS) is 21.8. The summed E-state index contributed by atoms with van der Waals surface area (Å²) in [5.74, 6) is -1.46. The Morgan fingerprint density at radius 3 is 2.35 bits per heavy atom. The molecule has 0 radical (unpaired) electrons. The van der Waals surface area contributed by atoms with Crippen LogP contribution in [0.25, 0.3) is 0 Å². The summed E-state index contributed by atoms with van der Waals surface area (Å²) in [6, 6.07) is 17.8. The molecule has 0 unspecified atom stereocenters. The van der Waals surface area contributed by atoms with Gasteiger partial charge in [0.2, 0.25) is 5.91 Å². The third-order valence-electron chi connectivity index (χ3n) is 5.91. The highest BCUT2D eigenvalue weighted by molar-refractivity contribution is 6.35. The topological polar surface area (TPSA) is 79.3 Å². The van der Waals surface area contributed by atoms with Gasteiger partial charge in [-0.1, -0.05) is 41.4 Å². The van der Waals surface area contributed by atoms with E-state index in [1.165, 1.54) is 17.2 Å². The molecule has 2 aliphatic heterocycles. The van der Waals surface area contributed by atoms with Gasteiger partial charge in [-0.25, -0.2) is 9.96 Å². The number of nitrogens with zero attached hydrogens (tertiary/aromatic N) is 2. The fourth-order valence-corrected chi connectivity index (χ4v) is 4.96. The Hall–Kier alpha value is -3.26. The van der Waals surface area contributed by atoms with Gasteiger partial charge in [-0.2, -0.15) is 0 Å². The van der Waals surface area contributed by atoms with Crippen molar-refractivity contribution in [2.24, 2.45) is 5.92 Å². The number of halogens is 2. The largest absolute Gasteiger partial charge is 0.506 e. The number of carbonyl (C=O) groups is 2. The van der Waals surface area contributed by atoms with Crippen LogP contribution >= 0.6 is 23.2 Å². The lowest BCUT2D eigenvalue weighted by atomic mass is 9.90. The first kappa shape index (κ1) is 22.5. The fourth-order valence-electron chi connectivity index (χ4n) is 4.45. The molecule has 5 rings (SSSR count). The van der Waals surface area contributed by atoms with Crippen molar-refractivity contribution in [2.75, 3.05) is 16.6 Å². The number of amides is 2. The number of carbonyl (C=O) groups excluding carboxylic acids is 2. The Kier molecular flexibility index (Phi) is 5.85. The Morgan fingerprint density at radius 2 is 1.68 bits per heavy atom. The van der Waals surface area contributed by atoms with Gasteiger partial charge in [0.05, 0.1) is 29.0 Å².